The molecule has 0 bridgehead atoms. The van der Waals surface area contributed by atoms with E-state index >= 15 is 0 Å². The summed E-state index contributed by atoms with van der Waals surface area (Å²) in [4.78, 5) is 56.0. The molecule has 11 heteroatoms. The smallest absolute Gasteiger partial charge is 0.407 e. The summed E-state index contributed by atoms with van der Waals surface area (Å²) in [5.41, 5.74) is 0.602. The molecule has 1 saturated heterocycles. The lowest BCUT2D eigenvalue weighted by atomic mass is 10.2. The molecule has 0 saturated carbocycles. The zero-order valence-electron chi connectivity index (χ0n) is 21.8. The third-order valence-corrected chi connectivity index (χ3v) is 5.74. The van der Waals surface area contributed by atoms with Crippen LogP contribution in [0.25, 0.3) is 5.65 Å². The molecular formula is C26H36N6O5. The van der Waals surface area contributed by atoms with E-state index in [9.17, 15) is 19.2 Å². The van der Waals surface area contributed by atoms with Gasteiger partial charge in [-0.05, 0) is 51.8 Å². The third-order valence-electron chi connectivity index (χ3n) is 5.74. The van der Waals surface area contributed by atoms with E-state index in [1.807, 2.05) is 20.8 Å². The maximum absolute atomic E-state index is 12.6. The lowest BCUT2D eigenvalue weighted by Gasteiger charge is -2.32. The van der Waals surface area contributed by atoms with Gasteiger partial charge >= 0.3 is 6.09 Å². The molecule has 1 aliphatic rings. The number of pyridine rings is 1. The Balaban J connectivity index is 1.41. The Morgan fingerprint density at radius 2 is 1.76 bits per heavy atom. The fourth-order valence-corrected chi connectivity index (χ4v) is 3.89. The first kappa shape index (κ1) is 27.7. The summed E-state index contributed by atoms with van der Waals surface area (Å²) in [5, 5.41) is 5.66. The molecule has 4 amide bonds. The fraction of sp³-hybridized carbons (Fsp3) is 0.500. The number of anilines is 1. The van der Waals surface area contributed by atoms with Gasteiger partial charge in [-0.25, -0.2) is 9.78 Å². The second kappa shape index (κ2) is 12.4. The molecule has 3 rings (SSSR count). The highest BCUT2D eigenvalue weighted by Gasteiger charge is 2.28. The number of hydrogen-bond donors (Lipinski definition) is 2. The van der Waals surface area contributed by atoms with Crippen molar-refractivity contribution in [3.63, 3.8) is 0 Å². The van der Waals surface area contributed by atoms with Crippen molar-refractivity contribution in [1.29, 1.82) is 0 Å². The molecule has 1 fully saturated rings. The van der Waals surface area contributed by atoms with Crippen LogP contribution in [0.4, 0.5) is 10.6 Å². The molecule has 2 aromatic heterocycles. The van der Waals surface area contributed by atoms with Gasteiger partial charge in [-0.15, -0.1) is 0 Å². The van der Waals surface area contributed by atoms with Crippen molar-refractivity contribution in [3.8, 4) is 0 Å². The van der Waals surface area contributed by atoms with Gasteiger partial charge in [0.1, 0.15) is 17.8 Å². The minimum Gasteiger partial charge on any atom is -0.444 e. The number of hydrogen-bond acceptors (Lipinski definition) is 6. The quantitative estimate of drug-likeness (QED) is 0.372. The molecule has 0 radical (unpaired) electrons. The summed E-state index contributed by atoms with van der Waals surface area (Å²) in [6.07, 6.45) is 7.73. The molecular weight excluding hydrogens is 476 g/mol. The largest absolute Gasteiger partial charge is 0.444 e. The number of unbranched alkanes of at least 4 members (excludes halogenated alkanes) is 3. The molecule has 0 unspecified atom stereocenters. The second-order valence-electron chi connectivity index (χ2n) is 9.89. The predicted molar refractivity (Wildman–Crippen MR) is 139 cm³/mol. The van der Waals surface area contributed by atoms with Crippen molar-refractivity contribution in [2.24, 2.45) is 0 Å². The standard InChI is InChI=1S/C26H36N6O5/c1-5-22(33)30-14-15-32(23(34)18-30)21-17-31-16-19(10-11-20(31)29-21)24(35)27-12-8-6-7-9-13-28-25(36)37-26(2,3)4/h5,10-11,16-17H,1,6-9,12-15,18H2,2-4H3,(H,27,35)(H,28,36). The minimum atomic E-state index is -0.504. The number of nitrogens with one attached hydrogen (secondary N) is 2. The van der Waals surface area contributed by atoms with E-state index in [1.165, 1.54) is 11.0 Å². The number of fused-ring (bicyclic) bond motifs is 1. The number of alkyl carbamates (subject to hydrolysis) is 1. The first-order valence-electron chi connectivity index (χ1n) is 12.5. The van der Waals surface area contributed by atoms with E-state index in [0.717, 1.165) is 25.7 Å². The molecule has 2 N–H and O–H groups in total. The lowest BCUT2D eigenvalue weighted by Crippen LogP contribution is -2.52. The Morgan fingerprint density at radius 1 is 1.05 bits per heavy atom. The molecule has 0 spiro atoms. The van der Waals surface area contributed by atoms with Gasteiger partial charge in [-0.3, -0.25) is 19.3 Å². The average Bonchev–Trinajstić information content (AvgIpc) is 3.26. The number of piperazine rings is 1. The number of carbonyl (C=O) groups is 4. The Labute approximate surface area is 216 Å². The summed E-state index contributed by atoms with van der Waals surface area (Å²) in [5.74, 6) is -0.192. The van der Waals surface area contributed by atoms with Crippen LogP contribution in [0, 0.1) is 0 Å². The maximum atomic E-state index is 12.6. The van der Waals surface area contributed by atoms with Crippen molar-refractivity contribution in [2.45, 2.75) is 52.1 Å². The Morgan fingerprint density at radius 3 is 2.41 bits per heavy atom. The van der Waals surface area contributed by atoms with Gasteiger partial charge in [0.05, 0.1) is 11.8 Å². The number of imidazole rings is 1. The van der Waals surface area contributed by atoms with E-state index in [0.29, 0.717) is 43.2 Å². The summed E-state index contributed by atoms with van der Waals surface area (Å²) in [6.45, 7) is 10.8. The molecule has 2 aromatic rings. The van der Waals surface area contributed by atoms with Gasteiger partial charge in [0, 0.05) is 32.4 Å². The molecule has 1 aliphatic heterocycles. The van der Waals surface area contributed by atoms with E-state index < -0.39 is 11.7 Å². The van der Waals surface area contributed by atoms with E-state index in [1.54, 1.807) is 33.8 Å². The van der Waals surface area contributed by atoms with Gasteiger partial charge < -0.3 is 24.7 Å². The topological polar surface area (TPSA) is 125 Å². The molecule has 11 nitrogen and oxygen atoms in total. The second-order valence-corrected chi connectivity index (χ2v) is 9.89. The van der Waals surface area contributed by atoms with E-state index in [4.69, 9.17) is 4.74 Å². The number of aromatic nitrogens is 2. The minimum absolute atomic E-state index is 0.0212. The molecule has 3 heterocycles. The zero-order chi connectivity index (χ0) is 27.0. The summed E-state index contributed by atoms with van der Waals surface area (Å²) < 4.78 is 6.91. The van der Waals surface area contributed by atoms with Gasteiger partial charge in [0.2, 0.25) is 11.8 Å². The highest BCUT2D eigenvalue weighted by Crippen LogP contribution is 2.18. The van der Waals surface area contributed by atoms with Crippen LogP contribution in [-0.4, -0.2) is 76.4 Å². The average molecular weight is 513 g/mol. The third kappa shape index (κ3) is 8.06. The first-order chi connectivity index (χ1) is 17.6. The van der Waals surface area contributed by atoms with Crippen LogP contribution in [0.1, 0.15) is 56.8 Å². The summed E-state index contributed by atoms with van der Waals surface area (Å²) >= 11 is 0. The zero-order valence-corrected chi connectivity index (χ0v) is 21.8. The predicted octanol–water partition coefficient (Wildman–Crippen LogP) is 2.51. The van der Waals surface area contributed by atoms with Crippen molar-refractivity contribution in [2.75, 3.05) is 37.6 Å². The highest BCUT2D eigenvalue weighted by molar-refractivity contribution is 5.99. The lowest BCUT2D eigenvalue weighted by molar-refractivity contribution is -0.133. The number of amides is 4. The van der Waals surface area contributed by atoms with Crippen LogP contribution in [0.5, 0.6) is 0 Å². The van der Waals surface area contributed by atoms with Gasteiger partial charge in [-0.1, -0.05) is 19.4 Å². The normalized spacial score (nSPS) is 14.0. The van der Waals surface area contributed by atoms with Crippen molar-refractivity contribution in [3.05, 3.63) is 42.7 Å². The van der Waals surface area contributed by atoms with Gasteiger partial charge in [0.25, 0.3) is 5.91 Å². The van der Waals surface area contributed by atoms with E-state index in [-0.39, 0.29) is 24.3 Å². The Kier molecular flexibility index (Phi) is 9.26. The molecule has 0 atom stereocenters. The number of rotatable bonds is 10. The first-order valence-corrected chi connectivity index (χ1v) is 12.5. The maximum Gasteiger partial charge on any atom is 0.407 e. The summed E-state index contributed by atoms with van der Waals surface area (Å²) in [7, 11) is 0. The highest BCUT2D eigenvalue weighted by atomic mass is 16.6. The summed E-state index contributed by atoms with van der Waals surface area (Å²) in [6, 6.07) is 3.43. The molecule has 0 aliphatic carbocycles. The van der Waals surface area contributed by atoms with Crippen molar-refractivity contribution >= 4 is 35.3 Å². The molecule has 0 aromatic carbocycles. The van der Waals surface area contributed by atoms with Gasteiger partial charge in [0.15, 0.2) is 5.82 Å². The van der Waals surface area contributed by atoms with Crippen LogP contribution in [0.2, 0.25) is 0 Å². The van der Waals surface area contributed by atoms with Gasteiger partial charge in [-0.2, -0.15) is 0 Å². The monoisotopic (exact) mass is 512 g/mol. The number of nitrogens with zero attached hydrogens (tertiary/aromatic N) is 4. The van der Waals surface area contributed by atoms with Crippen molar-refractivity contribution < 1.29 is 23.9 Å². The Hall–Kier alpha value is -3.89. The van der Waals surface area contributed by atoms with Crippen LogP contribution < -0.4 is 15.5 Å². The Bertz CT molecular complexity index is 1150. The fourth-order valence-electron chi connectivity index (χ4n) is 3.89. The van der Waals surface area contributed by atoms with Crippen LogP contribution >= 0.6 is 0 Å². The van der Waals surface area contributed by atoms with Crippen LogP contribution in [-0.2, 0) is 14.3 Å². The number of ether oxygens (including phenoxy) is 1. The van der Waals surface area contributed by atoms with Crippen molar-refractivity contribution in [1.82, 2.24) is 24.9 Å². The van der Waals surface area contributed by atoms with E-state index in [2.05, 4.69) is 22.2 Å². The van der Waals surface area contributed by atoms with Crippen LogP contribution in [0.3, 0.4) is 0 Å². The molecule has 200 valence electrons. The number of carbonyl (C=O) groups excluding carboxylic acids is 4. The molecule has 37 heavy (non-hydrogen) atoms. The van der Waals surface area contributed by atoms with Crippen LogP contribution in [0.15, 0.2) is 37.2 Å². The SMILES string of the molecule is C=CC(=O)N1CCN(c2cn3cc(C(=O)NCCCCCCNC(=O)OC(C)(C)C)ccc3n2)C(=O)C1.